The topological polar surface area (TPSA) is 84.6 Å². The summed E-state index contributed by atoms with van der Waals surface area (Å²) in [7, 11) is 0. The molecule has 0 heterocycles. The lowest BCUT2D eigenvalue weighted by Crippen LogP contribution is -2.00. The van der Waals surface area contributed by atoms with Crippen LogP contribution in [-0.4, -0.2) is 16.6 Å². The molecule has 0 bridgehead atoms. The van der Waals surface area contributed by atoms with Crippen LogP contribution < -0.4 is 10.1 Å². The van der Waals surface area contributed by atoms with Gasteiger partial charge in [0, 0.05) is 24.4 Å². The summed E-state index contributed by atoms with van der Waals surface area (Å²) in [6, 6.07) is 11.3. The number of nitro benzene ring substituents is 1. The normalized spacial score (nSPS) is 10.1. The Labute approximate surface area is 122 Å². The maximum absolute atomic E-state index is 10.6. The van der Waals surface area contributed by atoms with Crippen molar-refractivity contribution in [2.45, 2.75) is 13.5 Å². The predicted molar refractivity (Wildman–Crippen MR) is 79.7 cm³/mol. The van der Waals surface area contributed by atoms with Gasteiger partial charge < -0.3 is 15.2 Å². The minimum Gasteiger partial charge on any atom is -0.504 e. The number of hydrogen-bond donors (Lipinski definition) is 2. The lowest BCUT2D eigenvalue weighted by molar-refractivity contribution is -0.384. The fourth-order valence-corrected chi connectivity index (χ4v) is 1.84. The molecule has 0 amide bonds. The zero-order valence-electron chi connectivity index (χ0n) is 11.6. The minimum absolute atomic E-state index is 0.0591. The Morgan fingerprint density at radius 2 is 1.95 bits per heavy atom. The second-order valence-electron chi connectivity index (χ2n) is 4.39. The molecule has 0 radical (unpaired) electrons. The van der Waals surface area contributed by atoms with E-state index in [-0.39, 0.29) is 11.4 Å². The Bertz CT molecular complexity index is 626. The van der Waals surface area contributed by atoms with Crippen LogP contribution in [0.1, 0.15) is 12.5 Å². The number of non-ortho nitro benzene ring substituents is 1. The summed E-state index contributed by atoms with van der Waals surface area (Å²) in [5.74, 6) is 0.552. The first-order chi connectivity index (χ1) is 10.1. The molecule has 0 aliphatic heterocycles. The van der Waals surface area contributed by atoms with Gasteiger partial charge in [0.2, 0.25) is 0 Å². The van der Waals surface area contributed by atoms with Gasteiger partial charge in [-0.15, -0.1) is 0 Å². The van der Waals surface area contributed by atoms with Crippen LogP contribution >= 0.6 is 0 Å². The summed E-state index contributed by atoms with van der Waals surface area (Å²) in [6.07, 6.45) is 0. The summed E-state index contributed by atoms with van der Waals surface area (Å²) in [4.78, 5) is 10.1. The van der Waals surface area contributed by atoms with E-state index in [0.29, 0.717) is 18.9 Å². The number of phenolic OH excluding ortho intramolecular Hbond substituents is 1. The van der Waals surface area contributed by atoms with E-state index in [1.165, 1.54) is 12.1 Å². The first-order valence-electron chi connectivity index (χ1n) is 6.53. The van der Waals surface area contributed by atoms with Crippen molar-refractivity contribution < 1.29 is 14.8 Å². The molecule has 0 aliphatic rings. The van der Waals surface area contributed by atoms with Crippen LogP contribution in [0.5, 0.6) is 11.5 Å². The number of benzene rings is 2. The van der Waals surface area contributed by atoms with Gasteiger partial charge in [0.15, 0.2) is 11.5 Å². The summed E-state index contributed by atoms with van der Waals surface area (Å²) in [5, 5.41) is 23.4. The molecule has 2 N–H and O–H groups in total. The molecule has 0 spiro atoms. The Kier molecular flexibility index (Phi) is 4.61. The third-order valence-electron chi connectivity index (χ3n) is 2.90. The molecule has 0 aromatic heterocycles. The average Bonchev–Trinajstić information content (AvgIpc) is 2.48. The van der Waals surface area contributed by atoms with Crippen LogP contribution in [0.4, 0.5) is 11.4 Å². The van der Waals surface area contributed by atoms with Gasteiger partial charge in [-0.25, -0.2) is 0 Å². The highest BCUT2D eigenvalue weighted by molar-refractivity contribution is 5.49. The lowest BCUT2D eigenvalue weighted by Gasteiger charge is -2.10. The Morgan fingerprint density at radius 3 is 2.57 bits per heavy atom. The highest BCUT2D eigenvalue weighted by atomic mass is 16.6. The van der Waals surface area contributed by atoms with E-state index >= 15 is 0 Å². The van der Waals surface area contributed by atoms with E-state index < -0.39 is 4.92 Å². The van der Waals surface area contributed by atoms with E-state index in [2.05, 4.69) is 5.32 Å². The average molecular weight is 288 g/mol. The second-order valence-corrected chi connectivity index (χ2v) is 4.39. The summed E-state index contributed by atoms with van der Waals surface area (Å²) in [6.45, 7) is 2.85. The highest BCUT2D eigenvalue weighted by Gasteiger charge is 2.05. The maximum Gasteiger partial charge on any atom is 0.269 e. The van der Waals surface area contributed by atoms with Gasteiger partial charge in [-0.2, -0.15) is 0 Å². The van der Waals surface area contributed by atoms with Gasteiger partial charge in [0.1, 0.15) is 0 Å². The first-order valence-corrected chi connectivity index (χ1v) is 6.53. The van der Waals surface area contributed by atoms with Crippen LogP contribution in [0.3, 0.4) is 0 Å². The smallest absolute Gasteiger partial charge is 0.269 e. The molecule has 6 heteroatoms. The van der Waals surface area contributed by atoms with Gasteiger partial charge in [0.25, 0.3) is 5.69 Å². The van der Waals surface area contributed by atoms with Crippen LogP contribution in [-0.2, 0) is 6.54 Å². The molecule has 0 saturated carbocycles. The number of nitrogens with zero attached hydrogens (tertiary/aromatic N) is 1. The van der Waals surface area contributed by atoms with Gasteiger partial charge in [-0.05, 0) is 36.8 Å². The van der Waals surface area contributed by atoms with E-state index in [9.17, 15) is 15.2 Å². The van der Waals surface area contributed by atoms with E-state index in [1.807, 2.05) is 6.92 Å². The molecule has 0 atom stereocenters. The van der Waals surface area contributed by atoms with Crippen molar-refractivity contribution in [3.05, 3.63) is 58.1 Å². The molecule has 2 aromatic carbocycles. The first kappa shape index (κ1) is 14.6. The minimum atomic E-state index is -0.432. The van der Waals surface area contributed by atoms with E-state index in [1.54, 1.807) is 30.3 Å². The van der Waals surface area contributed by atoms with Crippen molar-refractivity contribution in [1.29, 1.82) is 0 Å². The number of anilines is 1. The quantitative estimate of drug-likeness (QED) is 0.629. The summed E-state index contributed by atoms with van der Waals surface area (Å²) in [5.41, 5.74) is 1.78. The van der Waals surface area contributed by atoms with Crippen LogP contribution in [0.2, 0.25) is 0 Å². The molecule has 21 heavy (non-hydrogen) atoms. The molecule has 2 rings (SSSR count). The Balaban J connectivity index is 2.02. The van der Waals surface area contributed by atoms with E-state index in [0.717, 1.165) is 11.3 Å². The Hall–Kier alpha value is -2.76. The van der Waals surface area contributed by atoms with Crippen molar-refractivity contribution >= 4 is 11.4 Å². The van der Waals surface area contributed by atoms with Crippen LogP contribution in [0.25, 0.3) is 0 Å². The molecule has 0 fully saturated rings. The van der Waals surface area contributed by atoms with Crippen molar-refractivity contribution in [1.82, 2.24) is 0 Å². The molecule has 0 unspecified atom stereocenters. The number of ether oxygens (including phenoxy) is 1. The molecule has 0 saturated heterocycles. The SMILES string of the molecule is CCOc1cc(CNc2ccc([N+](=O)[O-])cc2)ccc1O. The van der Waals surface area contributed by atoms with Crippen LogP contribution in [0, 0.1) is 10.1 Å². The molecule has 0 aliphatic carbocycles. The predicted octanol–water partition coefficient (Wildman–Crippen LogP) is 3.31. The number of phenols is 1. The zero-order valence-corrected chi connectivity index (χ0v) is 11.6. The van der Waals surface area contributed by atoms with Gasteiger partial charge in [0.05, 0.1) is 11.5 Å². The van der Waals surface area contributed by atoms with Crippen molar-refractivity contribution in [2.75, 3.05) is 11.9 Å². The number of nitro groups is 1. The van der Waals surface area contributed by atoms with E-state index in [4.69, 9.17) is 4.74 Å². The van der Waals surface area contributed by atoms with Crippen molar-refractivity contribution in [2.24, 2.45) is 0 Å². The third-order valence-corrected chi connectivity index (χ3v) is 2.90. The number of rotatable bonds is 6. The number of aromatic hydroxyl groups is 1. The standard InChI is InChI=1S/C15H16N2O4/c1-2-21-15-9-11(3-8-14(15)18)10-16-12-4-6-13(7-5-12)17(19)20/h3-9,16,18H,2,10H2,1H3. The van der Waals surface area contributed by atoms with Gasteiger partial charge in [-0.1, -0.05) is 6.07 Å². The molecule has 110 valence electrons. The maximum atomic E-state index is 10.6. The van der Waals surface area contributed by atoms with Crippen molar-refractivity contribution in [3.63, 3.8) is 0 Å². The molecule has 2 aromatic rings. The summed E-state index contributed by atoms with van der Waals surface area (Å²) < 4.78 is 5.32. The van der Waals surface area contributed by atoms with Crippen LogP contribution in [0.15, 0.2) is 42.5 Å². The Morgan fingerprint density at radius 1 is 1.24 bits per heavy atom. The van der Waals surface area contributed by atoms with Gasteiger partial charge >= 0.3 is 0 Å². The van der Waals surface area contributed by atoms with Gasteiger partial charge in [-0.3, -0.25) is 10.1 Å². The second kappa shape index (κ2) is 6.60. The fourth-order valence-electron chi connectivity index (χ4n) is 1.84. The zero-order chi connectivity index (χ0) is 15.2. The number of hydrogen-bond acceptors (Lipinski definition) is 5. The molecule has 6 nitrogen and oxygen atoms in total. The summed E-state index contributed by atoms with van der Waals surface area (Å²) >= 11 is 0. The number of nitrogens with one attached hydrogen (secondary N) is 1. The van der Waals surface area contributed by atoms with Crippen molar-refractivity contribution in [3.8, 4) is 11.5 Å². The lowest BCUT2D eigenvalue weighted by atomic mass is 10.2. The third kappa shape index (κ3) is 3.85. The fraction of sp³-hybridized carbons (Fsp3) is 0.200. The molecular formula is C15H16N2O4. The monoisotopic (exact) mass is 288 g/mol. The largest absolute Gasteiger partial charge is 0.504 e. The molecular weight excluding hydrogens is 272 g/mol. The highest BCUT2D eigenvalue weighted by Crippen LogP contribution is 2.27.